The maximum atomic E-state index is 13.0. The van der Waals surface area contributed by atoms with E-state index in [4.69, 9.17) is 5.11 Å². The van der Waals surface area contributed by atoms with E-state index in [0.717, 1.165) is 6.08 Å². The highest BCUT2D eigenvalue weighted by Gasteiger charge is 1.98. The van der Waals surface area contributed by atoms with Gasteiger partial charge in [-0.15, -0.1) is 0 Å². The molecule has 1 aromatic rings. The molecule has 0 aliphatic rings. The topological polar surface area (TPSA) is 37.3 Å². The average Bonchev–Trinajstić information content (AvgIpc) is 2.15. The highest BCUT2D eigenvalue weighted by atomic mass is 19.1. The largest absolute Gasteiger partial charge is 0.478 e. The van der Waals surface area contributed by atoms with Crippen molar-refractivity contribution < 1.29 is 14.3 Å². The molecule has 2 nitrogen and oxygen atoms in total. The number of carboxylic acid groups (broad SMARTS) is 1. The lowest BCUT2D eigenvalue weighted by molar-refractivity contribution is -0.131. The number of hydrogen-bond donors (Lipinski definition) is 1. The van der Waals surface area contributed by atoms with Crippen LogP contribution in [-0.2, 0) is 11.2 Å². The Morgan fingerprint density at radius 3 is 2.79 bits per heavy atom. The van der Waals surface area contributed by atoms with E-state index in [-0.39, 0.29) is 5.82 Å². The van der Waals surface area contributed by atoms with Crippen molar-refractivity contribution in [2.45, 2.75) is 12.8 Å². The summed E-state index contributed by atoms with van der Waals surface area (Å²) < 4.78 is 13.0. The number of aliphatic carboxylic acids is 1. The third-order valence-corrected chi connectivity index (χ3v) is 1.80. The van der Waals surface area contributed by atoms with Gasteiger partial charge in [-0.25, -0.2) is 9.18 Å². The van der Waals surface area contributed by atoms with Crippen molar-refractivity contribution >= 4 is 5.97 Å². The van der Waals surface area contributed by atoms with Crippen LogP contribution < -0.4 is 0 Å². The number of hydrogen-bond acceptors (Lipinski definition) is 1. The summed E-state index contributed by atoms with van der Waals surface area (Å²) >= 11 is 0. The van der Waals surface area contributed by atoms with Gasteiger partial charge in [-0.2, -0.15) is 0 Å². The van der Waals surface area contributed by atoms with Crippen LogP contribution in [0.2, 0.25) is 0 Å². The Bertz CT molecular complexity index is 345. The molecule has 0 heterocycles. The van der Waals surface area contributed by atoms with E-state index in [2.05, 4.69) is 0 Å². The summed E-state index contributed by atoms with van der Waals surface area (Å²) in [6.45, 7) is 0. The van der Waals surface area contributed by atoms with E-state index < -0.39 is 5.97 Å². The van der Waals surface area contributed by atoms with E-state index in [1.54, 1.807) is 18.2 Å². The van der Waals surface area contributed by atoms with Crippen molar-refractivity contribution in [1.29, 1.82) is 0 Å². The molecule has 74 valence electrons. The molecule has 14 heavy (non-hydrogen) atoms. The standard InChI is InChI=1S/C11H11FO2/c12-10-7-3-1-5-9(10)6-2-4-8-11(13)14/h1,3-5,7-8H,2,6H2,(H,13,14). The van der Waals surface area contributed by atoms with Crippen molar-refractivity contribution in [1.82, 2.24) is 0 Å². The molecular formula is C11H11FO2. The summed E-state index contributed by atoms with van der Waals surface area (Å²) in [5, 5.41) is 8.30. The predicted octanol–water partition coefficient (Wildman–Crippen LogP) is 2.40. The number of rotatable bonds is 4. The molecule has 0 saturated heterocycles. The van der Waals surface area contributed by atoms with Gasteiger partial charge in [-0.3, -0.25) is 0 Å². The van der Waals surface area contributed by atoms with Crippen LogP contribution in [0.1, 0.15) is 12.0 Å². The lowest BCUT2D eigenvalue weighted by atomic mass is 10.1. The summed E-state index contributed by atoms with van der Waals surface area (Å²) in [7, 11) is 0. The van der Waals surface area contributed by atoms with Crippen LogP contribution in [0.4, 0.5) is 4.39 Å². The van der Waals surface area contributed by atoms with Crippen molar-refractivity contribution in [3.05, 3.63) is 47.8 Å². The van der Waals surface area contributed by atoms with Crippen molar-refractivity contribution in [3.8, 4) is 0 Å². The highest BCUT2D eigenvalue weighted by molar-refractivity contribution is 5.79. The fourth-order valence-electron chi connectivity index (χ4n) is 1.12. The molecule has 0 saturated carbocycles. The van der Waals surface area contributed by atoms with Crippen LogP contribution in [0, 0.1) is 5.82 Å². The first-order chi connectivity index (χ1) is 6.70. The Labute approximate surface area is 81.7 Å². The van der Waals surface area contributed by atoms with Gasteiger partial charge >= 0.3 is 5.97 Å². The van der Waals surface area contributed by atoms with E-state index in [0.29, 0.717) is 18.4 Å². The first-order valence-corrected chi connectivity index (χ1v) is 4.33. The lowest BCUT2D eigenvalue weighted by Crippen LogP contribution is -1.90. The monoisotopic (exact) mass is 194 g/mol. The fourth-order valence-corrected chi connectivity index (χ4v) is 1.12. The SMILES string of the molecule is O=C(O)C=CCCc1ccccc1F. The molecule has 0 fully saturated rings. The van der Waals surface area contributed by atoms with Crippen molar-refractivity contribution in [3.63, 3.8) is 0 Å². The Morgan fingerprint density at radius 1 is 1.43 bits per heavy atom. The Hall–Kier alpha value is -1.64. The van der Waals surface area contributed by atoms with E-state index in [1.165, 1.54) is 12.1 Å². The van der Waals surface area contributed by atoms with Gasteiger partial charge in [0.1, 0.15) is 5.82 Å². The second-order valence-electron chi connectivity index (χ2n) is 2.87. The zero-order chi connectivity index (χ0) is 10.4. The molecule has 0 aliphatic heterocycles. The third-order valence-electron chi connectivity index (χ3n) is 1.80. The average molecular weight is 194 g/mol. The minimum atomic E-state index is -0.974. The van der Waals surface area contributed by atoms with Crippen LogP contribution in [0.3, 0.4) is 0 Å². The molecule has 1 rings (SSSR count). The normalized spacial score (nSPS) is 10.6. The maximum absolute atomic E-state index is 13.0. The zero-order valence-electron chi connectivity index (χ0n) is 7.61. The number of carboxylic acids is 1. The van der Waals surface area contributed by atoms with Gasteiger partial charge in [0.05, 0.1) is 0 Å². The van der Waals surface area contributed by atoms with Gasteiger partial charge in [-0.1, -0.05) is 24.3 Å². The molecule has 3 heteroatoms. The molecule has 0 bridgehead atoms. The lowest BCUT2D eigenvalue weighted by Gasteiger charge is -1.98. The van der Waals surface area contributed by atoms with Gasteiger partial charge in [0.2, 0.25) is 0 Å². The number of benzene rings is 1. The predicted molar refractivity (Wildman–Crippen MR) is 51.5 cm³/mol. The highest BCUT2D eigenvalue weighted by Crippen LogP contribution is 2.08. The van der Waals surface area contributed by atoms with Gasteiger partial charge in [0.15, 0.2) is 0 Å². The van der Waals surface area contributed by atoms with E-state index in [1.807, 2.05) is 0 Å². The first-order valence-electron chi connectivity index (χ1n) is 4.33. The second-order valence-corrected chi connectivity index (χ2v) is 2.87. The summed E-state index contributed by atoms with van der Waals surface area (Å²) in [6, 6.07) is 6.49. The number of aryl methyl sites for hydroxylation is 1. The molecule has 0 aliphatic carbocycles. The quantitative estimate of drug-likeness (QED) is 0.747. The van der Waals surface area contributed by atoms with Gasteiger partial charge in [0.25, 0.3) is 0 Å². The molecule has 0 amide bonds. The van der Waals surface area contributed by atoms with Gasteiger partial charge < -0.3 is 5.11 Å². The maximum Gasteiger partial charge on any atom is 0.327 e. The molecule has 0 aromatic heterocycles. The van der Waals surface area contributed by atoms with Gasteiger partial charge in [0, 0.05) is 6.08 Å². The molecule has 0 spiro atoms. The molecule has 1 aromatic carbocycles. The van der Waals surface area contributed by atoms with Crippen LogP contribution in [0.25, 0.3) is 0 Å². The number of halogens is 1. The van der Waals surface area contributed by atoms with E-state index >= 15 is 0 Å². The van der Waals surface area contributed by atoms with Gasteiger partial charge in [-0.05, 0) is 24.5 Å². The van der Waals surface area contributed by atoms with E-state index in [9.17, 15) is 9.18 Å². The van der Waals surface area contributed by atoms with Crippen molar-refractivity contribution in [2.24, 2.45) is 0 Å². The Morgan fingerprint density at radius 2 is 2.14 bits per heavy atom. The summed E-state index contributed by atoms with van der Waals surface area (Å²) in [6.07, 6.45) is 3.65. The summed E-state index contributed by atoms with van der Waals surface area (Å²) in [4.78, 5) is 10.1. The first kappa shape index (κ1) is 10.4. The Kier molecular flexibility index (Phi) is 3.85. The number of carbonyl (C=O) groups is 1. The fraction of sp³-hybridized carbons (Fsp3) is 0.182. The summed E-state index contributed by atoms with van der Waals surface area (Å²) in [5.41, 5.74) is 0.613. The molecule has 1 N–H and O–H groups in total. The second kappa shape index (κ2) is 5.17. The zero-order valence-corrected chi connectivity index (χ0v) is 7.61. The molecule has 0 atom stereocenters. The minimum Gasteiger partial charge on any atom is -0.478 e. The van der Waals surface area contributed by atoms with Crippen LogP contribution in [0.5, 0.6) is 0 Å². The van der Waals surface area contributed by atoms with Crippen LogP contribution in [0.15, 0.2) is 36.4 Å². The van der Waals surface area contributed by atoms with Crippen LogP contribution in [-0.4, -0.2) is 11.1 Å². The third kappa shape index (κ3) is 3.39. The minimum absolute atomic E-state index is 0.240. The molecular weight excluding hydrogens is 183 g/mol. The Balaban J connectivity index is 2.46. The smallest absolute Gasteiger partial charge is 0.327 e. The van der Waals surface area contributed by atoms with Crippen molar-refractivity contribution in [2.75, 3.05) is 0 Å². The molecule has 0 unspecified atom stereocenters. The number of allylic oxidation sites excluding steroid dienone is 1. The van der Waals surface area contributed by atoms with Crippen LogP contribution >= 0.6 is 0 Å². The summed E-state index contributed by atoms with van der Waals surface area (Å²) in [5.74, 6) is -1.21. The molecule has 0 radical (unpaired) electrons.